The highest BCUT2D eigenvalue weighted by molar-refractivity contribution is 5.70. The molecular weight excluding hydrogens is 661 g/mol. The monoisotopic (exact) mass is 731 g/mol. The molecule has 6 heteroatoms. The van der Waals surface area contributed by atoms with E-state index in [9.17, 15) is 19.8 Å². The maximum atomic E-state index is 12.2. The Morgan fingerprint density at radius 1 is 0.547 bits per heavy atom. The second kappa shape index (κ2) is 20.1. The van der Waals surface area contributed by atoms with E-state index in [-0.39, 0.29) is 17.8 Å². The van der Waals surface area contributed by atoms with Crippen molar-refractivity contribution in [1.29, 1.82) is 0 Å². The fourth-order valence-electron chi connectivity index (χ4n) is 9.54. The molecule has 0 unspecified atom stereocenters. The first-order valence-electron chi connectivity index (χ1n) is 21.6. The molecule has 0 aliphatic heterocycles. The standard InChI is InChI=1S/C26H40O3.C21H30O3/c1-26(2,3)18-29-24(27)15-14-19-16-22(20-10-6-4-7-11-20)25(28)23(17-19)21-12-8-5-9-13-21;22-20(23)12-11-15-13-18(16-7-3-1-4-8-16)21(24)19(14-15)17-9-5-2-6-10-17/h16-17,20-21,28H,4-15,18H2,1-3H3;13-14,16-17,24H,1-12H2,(H,22,23). The van der Waals surface area contributed by atoms with E-state index in [2.05, 4.69) is 45.0 Å². The molecule has 4 fully saturated rings. The number of rotatable bonds is 11. The highest BCUT2D eigenvalue weighted by atomic mass is 16.5. The van der Waals surface area contributed by atoms with Crippen LogP contribution in [0.3, 0.4) is 0 Å². The highest BCUT2D eigenvalue weighted by Gasteiger charge is 2.27. The summed E-state index contributed by atoms with van der Waals surface area (Å²) in [6, 6.07) is 8.57. The molecule has 4 aliphatic rings. The number of aliphatic carboxylic acids is 1. The number of carbonyl (C=O) groups is 2. The number of aryl methyl sites for hydroxylation is 2. The normalized spacial score (nSPS) is 19.7. The molecule has 0 bridgehead atoms. The van der Waals surface area contributed by atoms with Gasteiger partial charge < -0.3 is 20.1 Å². The van der Waals surface area contributed by atoms with Gasteiger partial charge in [0.15, 0.2) is 0 Å². The first-order valence-corrected chi connectivity index (χ1v) is 21.6. The molecule has 0 saturated heterocycles. The number of aromatic hydroxyl groups is 2. The van der Waals surface area contributed by atoms with Crippen molar-refractivity contribution < 1.29 is 29.6 Å². The third kappa shape index (κ3) is 12.5. The second-order valence-corrected chi connectivity index (χ2v) is 18.2. The molecule has 0 spiro atoms. The molecule has 53 heavy (non-hydrogen) atoms. The number of ether oxygens (including phenoxy) is 1. The largest absolute Gasteiger partial charge is 0.507 e. The summed E-state index contributed by atoms with van der Waals surface area (Å²) in [4.78, 5) is 23.2. The van der Waals surface area contributed by atoms with Gasteiger partial charge in [0, 0.05) is 12.8 Å². The Balaban J connectivity index is 0.000000208. The van der Waals surface area contributed by atoms with E-state index in [1.807, 2.05) is 0 Å². The Bertz CT molecular complexity index is 1380. The Morgan fingerprint density at radius 2 is 0.849 bits per heavy atom. The van der Waals surface area contributed by atoms with Crippen molar-refractivity contribution in [2.24, 2.45) is 5.41 Å². The minimum atomic E-state index is -0.749. The number of hydrogen-bond donors (Lipinski definition) is 3. The van der Waals surface area contributed by atoms with Crippen LogP contribution in [0.25, 0.3) is 0 Å². The van der Waals surface area contributed by atoms with Crippen molar-refractivity contribution in [3.05, 3.63) is 57.6 Å². The molecule has 6 rings (SSSR count). The van der Waals surface area contributed by atoms with Gasteiger partial charge in [-0.3, -0.25) is 9.59 Å². The summed E-state index contributed by atoms with van der Waals surface area (Å²) in [5.74, 6) is 2.05. The summed E-state index contributed by atoms with van der Waals surface area (Å²) in [6.45, 7) is 6.69. The van der Waals surface area contributed by atoms with Crippen LogP contribution in [0.15, 0.2) is 24.3 Å². The van der Waals surface area contributed by atoms with Crippen LogP contribution in [0.2, 0.25) is 0 Å². The predicted molar refractivity (Wildman–Crippen MR) is 214 cm³/mol. The van der Waals surface area contributed by atoms with E-state index >= 15 is 0 Å². The van der Waals surface area contributed by atoms with E-state index in [0.717, 1.165) is 53.5 Å². The number of carbonyl (C=O) groups excluding carboxylic acids is 1. The zero-order valence-electron chi connectivity index (χ0n) is 33.4. The first-order chi connectivity index (χ1) is 25.5. The van der Waals surface area contributed by atoms with E-state index < -0.39 is 5.97 Å². The maximum Gasteiger partial charge on any atom is 0.306 e. The van der Waals surface area contributed by atoms with Crippen LogP contribution < -0.4 is 0 Å². The predicted octanol–water partition coefficient (Wildman–Crippen LogP) is 12.5. The molecule has 6 nitrogen and oxygen atoms in total. The van der Waals surface area contributed by atoms with Crippen LogP contribution >= 0.6 is 0 Å². The van der Waals surface area contributed by atoms with Gasteiger partial charge in [-0.15, -0.1) is 0 Å². The maximum absolute atomic E-state index is 12.2. The third-order valence-corrected chi connectivity index (χ3v) is 12.5. The van der Waals surface area contributed by atoms with Crippen LogP contribution in [0, 0.1) is 5.41 Å². The minimum Gasteiger partial charge on any atom is -0.507 e. The summed E-state index contributed by atoms with van der Waals surface area (Å²) in [5, 5.41) is 31.2. The number of phenols is 2. The highest BCUT2D eigenvalue weighted by Crippen LogP contribution is 2.46. The molecule has 0 heterocycles. The molecule has 0 amide bonds. The molecular formula is C47H70O6. The van der Waals surface area contributed by atoms with Gasteiger partial charge in [0.25, 0.3) is 0 Å². The van der Waals surface area contributed by atoms with Gasteiger partial charge in [0.1, 0.15) is 11.5 Å². The molecule has 3 N–H and O–H groups in total. The molecule has 4 aliphatic carbocycles. The smallest absolute Gasteiger partial charge is 0.306 e. The average molecular weight is 731 g/mol. The van der Waals surface area contributed by atoms with Crippen LogP contribution in [0.4, 0.5) is 0 Å². The van der Waals surface area contributed by atoms with Crippen LogP contribution in [-0.4, -0.2) is 33.9 Å². The van der Waals surface area contributed by atoms with Crippen molar-refractivity contribution in [2.45, 2.75) is 199 Å². The van der Waals surface area contributed by atoms with Gasteiger partial charge in [-0.2, -0.15) is 0 Å². The van der Waals surface area contributed by atoms with Gasteiger partial charge in [-0.1, -0.05) is 122 Å². The average Bonchev–Trinajstić information content (AvgIpc) is 3.17. The quantitative estimate of drug-likeness (QED) is 0.199. The number of hydrogen-bond acceptors (Lipinski definition) is 5. The molecule has 0 radical (unpaired) electrons. The molecule has 0 atom stereocenters. The number of benzene rings is 2. The summed E-state index contributed by atoms with van der Waals surface area (Å²) >= 11 is 0. The van der Waals surface area contributed by atoms with Gasteiger partial charge in [-0.05, 0) is 127 Å². The minimum absolute atomic E-state index is 0.00347. The van der Waals surface area contributed by atoms with Crippen molar-refractivity contribution in [1.82, 2.24) is 0 Å². The lowest BCUT2D eigenvalue weighted by Crippen LogP contribution is -2.18. The van der Waals surface area contributed by atoms with Gasteiger partial charge in [-0.25, -0.2) is 0 Å². The number of phenolic OH excluding ortho intramolecular Hbond substituents is 2. The van der Waals surface area contributed by atoms with Crippen molar-refractivity contribution in [3.8, 4) is 11.5 Å². The fourth-order valence-corrected chi connectivity index (χ4v) is 9.54. The SMILES string of the molecule is CC(C)(C)COC(=O)CCc1cc(C2CCCCC2)c(O)c(C2CCCCC2)c1.O=C(O)CCc1cc(C2CCCCC2)c(O)c(C2CCCCC2)c1. The van der Waals surface area contributed by atoms with Crippen LogP contribution in [0.5, 0.6) is 11.5 Å². The summed E-state index contributed by atoms with van der Waals surface area (Å²) in [7, 11) is 0. The zero-order valence-corrected chi connectivity index (χ0v) is 33.4. The van der Waals surface area contributed by atoms with Crippen LogP contribution in [-0.2, 0) is 27.2 Å². The van der Waals surface area contributed by atoms with Crippen molar-refractivity contribution >= 4 is 11.9 Å². The lowest BCUT2D eigenvalue weighted by Gasteiger charge is -2.28. The number of carboxylic acids is 1. The van der Waals surface area contributed by atoms with E-state index in [4.69, 9.17) is 9.84 Å². The lowest BCUT2D eigenvalue weighted by molar-refractivity contribution is -0.146. The summed E-state index contributed by atoms with van der Waals surface area (Å²) < 4.78 is 5.46. The Kier molecular flexibility index (Phi) is 15.6. The van der Waals surface area contributed by atoms with Gasteiger partial charge in [0.05, 0.1) is 6.61 Å². The Hall–Kier alpha value is -3.02. The van der Waals surface area contributed by atoms with Crippen LogP contribution in [0.1, 0.15) is 219 Å². The molecule has 2 aromatic carbocycles. The molecule has 0 aromatic heterocycles. The zero-order chi connectivity index (χ0) is 37.8. The van der Waals surface area contributed by atoms with Crippen molar-refractivity contribution in [3.63, 3.8) is 0 Å². The number of carboxylic acid groups (broad SMARTS) is 1. The Morgan fingerprint density at radius 3 is 1.13 bits per heavy atom. The van der Waals surface area contributed by atoms with E-state index in [1.54, 1.807) is 0 Å². The Labute approximate surface area is 320 Å². The number of esters is 1. The summed E-state index contributed by atoms with van der Waals surface area (Å²) in [5.41, 5.74) is 6.76. The van der Waals surface area contributed by atoms with E-state index in [0.29, 0.717) is 61.0 Å². The fraction of sp³-hybridized carbons (Fsp3) is 0.702. The first kappa shape index (κ1) is 41.1. The van der Waals surface area contributed by atoms with Gasteiger partial charge in [0.2, 0.25) is 0 Å². The molecule has 4 saturated carbocycles. The third-order valence-electron chi connectivity index (χ3n) is 12.5. The summed E-state index contributed by atoms with van der Waals surface area (Å²) in [6.07, 6.45) is 26.3. The molecule has 294 valence electrons. The second-order valence-electron chi connectivity index (χ2n) is 18.2. The van der Waals surface area contributed by atoms with Gasteiger partial charge >= 0.3 is 11.9 Å². The topological polar surface area (TPSA) is 104 Å². The lowest BCUT2D eigenvalue weighted by atomic mass is 9.78. The van der Waals surface area contributed by atoms with E-state index in [1.165, 1.54) is 108 Å². The van der Waals surface area contributed by atoms with Crippen molar-refractivity contribution in [2.75, 3.05) is 6.61 Å². The molecule has 2 aromatic rings.